The van der Waals surface area contributed by atoms with Crippen molar-refractivity contribution < 1.29 is 9.53 Å². The molecule has 0 radical (unpaired) electrons. The fraction of sp³-hybridized carbons (Fsp3) is 0.571. The lowest BCUT2D eigenvalue weighted by Crippen LogP contribution is -2.30. The van der Waals surface area contributed by atoms with Crippen LogP contribution in [0.1, 0.15) is 45.7 Å². The van der Waals surface area contributed by atoms with Gasteiger partial charge in [-0.3, -0.25) is 9.48 Å². The summed E-state index contributed by atoms with van der Waals surface area (Å²) < 4.78 is 10.3. The number of nitrogens with zero attached hydrogens (tertiary/aromatic N) is 7. The topological polar surface area (TPSA) is 91.0 Å². The molecule has 0 saturated carbocycles. The van der Waals surface area contributed by atoms with Crippen LogP contribution in [0, 0.1) is 6.92 Å². The molecule has 160 valence electrons. The lowest BCUT2D eigenvalue weighted by atomic mass is 10.2. The van der Waals surface area contributed by atoms with Gasteiger partial charge in [-0.15, -0.1) is 0 Å². The highest BCUT2D eigenvalue weighted by molar-refractivity contribution is 5.81. The molecular weight excluding hydrogens is 382 g/mol. The Balaban J connectivity index is 1.71. The Morgan fingerprint density at radius 2 is 2.10 bits per heavy atom. The van der Waals surface area contributed by atoms with Gasteiger partial charge in [-0.1, -0.05) is 13.8 Å². The summed E-state index contributed by atoms with van der Waals surface area (Å²) in [7, 11) is 0. The average Bonchev–Trinajstić information content (AvgIpc) is 3.46. The minimum Gasteiger partial charge on any atom is -0.471 e. The van der Waals surface area contributed by atoms with E-state index >= 15 is 0 Å². The quantitative estimate of drug-likeness (QED) is 0.594. The summed E-state index contributed by atoms with van der Waals surface area (Å²) in [5.74, 6) is 1.47. The van der Waals surface area contributed by atoms with E-state index in [0.29, 0.717) is 24.4 Å². The van der Waals surface area contributed by atoms with E-state index in [-0.39, 0.29) is 12.0 Å². The van der Waals surface area contributed by atoms with Crippen molar-refractivity contribution in [3.05, 3.63) is 18.2 Å². The predicted molar refractivity (Wildman–Crippen MR) is 113 cm³/mol. The van der Waals surface area contributed by atoms with E-state index in [1.165, 1.54) is 6.33 Å². The van der Waals surface area contributed by atoms with Crippen molar-refractivity contribution in [1.82, 2.24) is 34.2 Å². The first-order valence-electron chi connectivity index (χ1n) is 10.8. The van der Waals surface area contributed by atoms with Crippen LogP contribution in [0.4, 0.5) is 0 Å². The zero-order chi connectivity index (χ0) is 21.3. The molecule has 0 spiro atoms. The van der Waals surface area contributed by atoms with E-state index in [9.17, 15) is 4.79 Å². The van der Waals surface area contributed by atoms with Gasteiger partial charge >= 0.3 is 0 Å². The zero-order valence-corrected chi connectivity index (χ0v) is 18.1. The smallest absolute Gasteiger partial charge is 0.245 e. The number of carbonyl (C=O) groups is 1. The molecule has 1 aliphatic heterocycles. The number of amides is 1. The number of likely N-dealkylation sites (tertiary alicyclic amines) is 1. The van der Waals surface area contributed by atoms with E-state index < -0.39 is 0 Å². The van der Waals surface area contributed by atoms with Gasteiger partial charge in [0.1, 0.15) is 18.3 Å². The molecule has 0 aliphatic carbocycles. The maximum absolute atomic E-state index is 12.0. The summed E-state index contributed by atoms with van der Waals surface area (Å²) >= 11 is 0. The number of ether oxygens (including phenoxy) is 1. The highest BCUT2D eigenvalue weighted by Gasteiger charge is 2.28. The Morgan fingerprint density at radius 1 is 1.27 bits per heavy atom. The van der Waals surface area contributed by atoms with Crippen LogP contribution < -0.4 is 4.74 Å². The standard InChI is InChI=1S/C21H29N7O2/c1-5-9-27-19(16-11-24-28(7-3)14(16)4)25-18-20(27)22-13-23-21(18)30-15-8-10-26(12-15)17(29)6-2/h11,13,15H,5-10,12H2,1-4H3/t15-/m0/s1. The van der Waals surface area contributed by atoms with Crippen LogP contribution in [0.25, 0.3) is 22.6 Å². The summed E-state index contributed by atoms with van der Waals surface area (Å²) in [6.07, 6.45) is 5.58. The monoisotopic (exact) mass is 411 g/mol. The molecule has 0 unspecified atom stereocenters. The van der Waals surface area contributed by atoms with Crippen LogP contribution in [-0.4, -0.2) is 59.3 Å². The molecule has 9 heteroatoms. The third-order valence-corrected chi connectivity index (χ3v) is 5.67. The Morgan fingerprint density at radius 3 is 2.80 bits per heavy atom. The molecule has 9 nitrogen and oxygen atoms in total. The summed E-state index contributed by atoms with van der Waals surface area (Å²) in [6, 6.07) is 0. The first-order valence-corrected chi connectivity index (χ1v) is 10.8. The van der Waals surface area contributed by atoms with Gasteiger partial charge in [0, 0.05) is 38.2 Å². The molecule has 0 bridgehead atoms. The Hall–Kier alpha value is -2.97. The molecule has 4 heterocycles. The third kappa shape index (κ3) is 3.53. The molecule has 1 amide bonds. The van der Waals surface area contributed by atoms with E-state index in [0.717, 1.165) is 55.2 Å². The summed E-state index contributed by atoms with van der Waals surface area (Å²) in [4.78, 5) is 27.6. The SMILES string of the molecule is CCCn1c(-c2cnn(CC)c2C)nc2c(O[C@H]3CCN(C(=O)CC)C3)ncnc21. The minimum atomic E-state index is -0.0806. The van der Waals surface area contributed by atoms with E-state index in [2.05, 4.69) is 40.4 Å². The van der Waals surface area contributed by atoms with Crippen molar-refractivity contribution in [2.75, 3.05) is 13.1 Å². The normalized spacial score (nSPS) is 16.5. The lowest BCUT2D eigenvalue weighted by molar-refractivity contribution is -0.130. The van der Waals surface area contributed by atoms with Crippen molar-refractivity contribution in [2.24, 2.45) is 0 Å². The van der Waals surface area contributed by atoms with Crippen molar-refractivity contribution in [3.63, 3.8) is 0 Å². The molecule has 3 aromatic heterocycles. The maximum atomic E-state index is 12.0. The van der Waals surface area contributed by atoms with Crippen LogP contribution in [0.15, 0.2) is 12.5 Å². The van der Waals surface area contributed by atoms with Gasteiger partial charge in [0.25, 0.3) is 0 Å². The van der Waals surface area contributed by atoms with Crippen LogP contribution >= 0.6 is 0 Å². The van der Waals surface area contributed by atoms with Gasteiger partial charge in [-0.05, 0) is 20.3 Å². The highest BCUT2D eigenvalue weighted by atomic mass is 16.5. The summed E-state index contributed by atoms with van der Waals surface area (Å²) in [5, 5.41) is 4.48. The zero-order valence-electron chi connectivity index (χ0n) is 18.1. The van der Waals surface area contributed by atoms with E-state index in [1.807, 2.05) is 22.7 Å². The van der Waals surface area contributed by atoms with Gasteiger partial charge in [0.15, 0.2) is 11.2 Å². The Labute approximate surface area is 176 Å². The lowest BCUT2D eigenvalue weighted by Gasteiger charge is -2.16. The van der Waals surface area contributed by atoms with Gasteiger partial charge in [-0.25, -0.2) is 9.97 Å². The van der Waals surface area contributed by atoms with Gasteiger partial charge in [0.05, 0.1) is 18.3 Å². The van der Waals surface area contributed by atoms with Crippen LogP contribution in [0.2, 0.25) is 0 Å². The maximum Gasteiger partial charge on any atom is 0.245 e. The minimum absolute atomic E-state index is 0.0806. The summed E-state index contributed by atoms with van der Waals surface area (Å²) in [6.45, 7) is 11.1. The molecule has 1 aliphatic rings. The van der Waals surface area contributed by atoms with Crippen molar-refractivity contribution >= 4 is 17.1 Å². The number of aromatic nitrogens is 6. The second-order valence-corrected chi connectivity index (χ2v) is 7.62. The number of aryl methyl sites for hydroxylation is 2. The summed E-state index contributed by atoms with van der Waals surface area (Å²) in [5.41, 5.74) is 3.49. The first kappa shape index (κ1) is 20.3. The predicted octanol–water partition coefficient (Wildman–Crippen LogP) is 2.82. The van der Waals surface area contributed by atoms with Gasteiger partial charge in [-0.2, -0.15) is 10.1 Å². The van der Waals surface area contributed by atoms with Crippen molar-refractivity contribution in [3.8, 4) is 17.3 Å². The fourth-order valence-electron chi connectivity index (χ4n) is 4.06. The molecule has 1 fully saturated rings. The van der Waals surface area contributed by atoms with Gasteiger partial charge in [0.2, 0.25) is 11.8 Å². The molecule has 0 N–H and O–H groups in total. The van der Waals surface area contributed by atoms with Crippen molar-refractivity contribution in [2.45, 2.75) is 66.2 Å². The molecule has 3 aromatic rings. The van der Waals surface area contributed by atoms with Crippen LogP contribution in [0.3, 0.4) is 0 Å². The Kier molecular flexibility index (Phi) is 5.69. The molecule has 1 atom stereocenters. The number of carbonyl (C=O) groups excluding carboxylic acids is 1. The second kappa shape index (κ2) is 8.41. The first-order chi connectivity index (χ1) is 14.6. The largest absolute Gasteiger partial charge is 0.471 e. The fourth-order valence-corrected chi connectivity index (χ4v) is 4.06. The molecular formula is C21H29N7O2. The van der Waals surface area contributed by atoms with Crippen LogP contribution in [0.5, 0.6) is 5.88 Å². The average molecular weight is 412 g/mol. The Bertz CT molecular complexity index is 1060. The number of imidazole rings is 1. The second-order valence-electron chi connectivity index (χ2n) is 7.62. The number of hydrogen-bond donors (Lipinski definition) is 0. The molecule has 4 rings (SSSR count). The van der Waals surface area contributed by atoms with Crippen LogP contribution in [-0.2, 0) is 17.9 Å². The van der Waals surface area contributed by atoms with E-state index in [1.54, 1.807) is 0 Å². The highest BCUT2D eigenvalue weighted by Crippen LogP contribution is 2.31. The number of hydrogen-bond acceptors (Lipinski definition) is 6. The third-order valence-electron chi connectivity index (χ3n) is 5.67. The van der Waals surface area contributed by atoms with E-state index in [4.69, 9.17) is 9.72 Å². The molecule has 0 aromatic carbocycles. The van der Waals surface area contributed by atoms with Gasteiger partial charge < -0.3 is 14.2 Å². The van der Waals surface area contributed by atoms with Crippen molar-refractivity contribution in [1.29, 1.82) is 0 Å². The number of fused-ring (bicyclic) bond motifs is 1. The number of rotatable bonds is 7. The molecule has 1 saturated heterocycles. The molecule has 30 heavy (non-hydrogen) atoms.